The number of nitrogens with zero attached hydrogens (tertiary/aromatic N) is 3. The number of hydrogen-bond acceptors (Lipinski definition) is 3. The van der Waals surface area contributed by atoms with Crippen molar-refractivity contribution in [2.24, 2.45) is 0 Å². The Morgan fingerprint density at radius 1 is 1.18 bits per heavy atom. The molecule has 1 aromatic carbocycles. The number of allylic oxidation sites excluding steroid dienone is 5. The number of benzene rings is 1. The lowest BCUT2D eigenvalue weighted by atomic mass is 9.91. The Balaban J connectivity index is 0.00000199. The number of hydrogen-bond donors (Lipinski definition) is 0. The molecule has 0 saturated carbocycles. The molecule has 4 nitrogen and oxygen atoms in total. The van der Waals surface area contributed by atoms with Gasteiger partial charge in [-0.25, -0.2) is 0 Å². The van der Waals surface area contributed by atoms with Crippen molar-refractivity contribution < 1.29 is 18.0 Å². The van der Waals surface area contributed by atoms with E-state index in [-0.39, 0.29) is 0 Å². The molecule has 0 atom stereocenters. The molecule has 0 amide bonds. The van der Waals surface area contributed by atoms with Crippen LogP contribution in [-0.4, -0.2) is 27.1 Å². The highest BCUT2D eigenvalue weighted by molar-refractivity contribution is 5.84. The van der Waals surface area contributed by atoms with Crippen molar-refractivity contribution in [2.45, 2.75) is 60.2 Å². The molecule has 1 aliphatic rings. The molecule has 0 spiro atoms. The summed E-state index contributed by atoms with van der Waals surface area (Å²) in [6, 6.07) is 7.68. The molecule has 0 bridgehead atoms. The average molecular weight is 472 g/mol. The van der Waals surface area contributed by atoms with Gasteiger partial charge in [-0.2, -0.15) is 18.3 Å². The summed E-state index contributed by atoms with van der Waals surface area (Å²) in [5, 5.41) is 4.09. The second kappa shape index (κ2) is 11.7. The van der Waals surface area contributed by atoms with E-state index in [9.17, 15) is 18.0 Å². The number of halogens is 3. The maximum Gasteiger partial charge on any atom is 0.408 e. The van der Waals surface area contributed by atoms with Gasteiger partial charge in [-0.1, -0.05) is 58.0 Å². The van der Waals surface area contributed by atoms with Gasteiger partial charge in [0.25, 0.3) is 0 Å². The molecule has 182 valence electrons. The summed E-state index contributed by atoms with van der Waals surface area (Å²) in [7, 11) is 0. The Morgan fingerprint density at radius 3 is 2.44 bits per heavy atom. The predicted octanol–water partition coefficient (Wildman–Crippen LogP) is 7.45. The van der Waals surface area contributed by atoms with E-state index in [0.717, 1.165) is 46.2 Å². The molecule has 7 heteroatoms. The lowest BCUT2D eigenvalue weighted by Crippen LogP contribution is -2.18. The lowest BCUT2D eigenvalue weighted by Gasteiger charge is -2.28. The van der Waals surface area contributed by atoms with Crippen LogP contribution in [0.4, 0.5) is 13.2 Å². The lowest BCUT2D eigenvalue weighted by molar-refractivity contribution is -0.142. The number of aryl methyl sites for hydroxylation is 1. The molecule has 1 aliphatic heterocycles. The number of aromatic nitrogens is 2. The first-order valence-corrected chi connectivity index (χ1v) is 11.4. The van der Waals surface area contributed by atoms with Crippen LogP contribution in [0.25, 0.3) is 16.7 Å². The molecule has 1 aromatic heterocycles. The maximum absolute atomic E-state index is 12.9. The third kappa shape index (κ3) is 6.37. The van der Waals surface area contributed by atoms with Gasteiger partial charge in [0.1, 0.15) is 12.8 Å². The quantitative estimate of drug-likeness (QED) is 0.394. The van der Waals surface area contributed by atoms with Crippen LogP contribution in [0.15, 0.2) is 72.4 Å². The standard InChI is InChI=1S/C25H26F3N3O.C2H6/c1-5-8-21(19(4)31-12-11-20(15-32)13-17(31)2)22-9-6-7-10-23(22)24-14-30(29-18(24)3)16-25(26,27)28;1-2/h6-7,9-15H,2,5,8,16H2,1,3-4H3;1-2H3/b21-19+;. The Kier molecular flexibility index (Phi) is 9.24. The fourth-order valence-electron chi connectivity index (χ4n) is 3.90. The fourth-order valence-corrected chi connectivity index (χ4v) is 3.90. The first-order chi connectivity index (χ1) is 16.1. The van der Waals surface area contributed by atoms with Crippen molar-refractivity contribution >= 4 is 11.9 Å². The molecule has 3 rings (SSSR count). The molecule has 0 aliphatic carbocycles. The molecule has 0 saturated heterocycles. The Hall–Kier alpha value is -3.35. The predicted molar refractivity (Wildman–Crippen MR) is 132 cm³/mol. The molecule has 2 heterocycles. The molecule has 0 fully saturated rings. The van der Waals surface area contributed by atoms with Gasteiger partial charge in [-0.05, 0) is 49.1 Å². The van der Waals surface area contributed by atoms with Crippen LogP contribution in [0.5, 0.6) is 0 Å². The second-order valence-corrected chi connectivity index (χ2v) is 7.74. The topological polar surface area (TPSA) is 38.1 Å². The van der Waals surface area contributed by atoms with Gasteiger partial charge in [-0.3, -0.25) is 9.48 Å². The number of carbonyl (C=O) groups is 1. The molecule has 0 unspecified atom stereocenters. The SMILES string of the molecule is C=C1C=C(C=O)C=CN1/C(C)=C(\CCC)c1ccccc1-c1cn(CC(F)(F)F)nc1C.CC. The number of carbonyl (C=O) groups excluding carboxylic acids is 1. The van der Waals surface area contributed by atoms with Gasteiger partial charge in [0, 0.05) is 34.9 Å². The van der Waals surface area contributed by atoms with E-state index in [0.29, 0.717) is 22.5 Å². The summed E-state index contributed by atoms with van der Waals surface area (Å²) in [6.07, 6.45) is 4.80. The first-order valence-electron chi connectivity index (χ1n) is 11.4. The second-order valence-electron chi connectivity index (χ2n) is 7.74. The number of alkyl halides is 3. The summed E-state index contributed by atoms with van der Waals surface area (Å²) < 4.78 is 39.6. The summed E-state index contributed by atoms with van der Waals surface area (Å²) in [5.41, 5.74) is 6.20. The van der Waals surface area contributed by atoms with E-state index in [1.165, 1.54) is 6.20 Å². The average Bonchev–Trinajstić information content (AvgIpc) is 3.16. The fraction of sp³-hybridized carbons (Fsp3) is 0.333. The van der Waals surface area contributed by atoms with Crippen molar-refractivity contribution in [3.63, 3.8) is 0 Å². The molecule has 0 radical (unpaired) electrons. The van der Waals surface area contributed by atoms with Crippen molar-refractivity contribution in [3.8, 4) is 11.1 Å². The highest BCUT2D eigenvalue weighted by Gasteiger charge is 2.29. The Labute approximate surface area is 199 Å². The van der Waals surface area contributed by atoms with E-state index in [4.69, 9.17) is 0 Å². The van der Waals surface area contributed by atoms with Crippen molar-refractivity contribution in [1.29, 1.82) is 0 Å². The van der Waals surface area contributed by atoms with E-state index < -0.39 is 12.7 Å². The van der Waals surface area contributed by atoms with E-state index in [1.807, 2.05) is 56.1 Å². The first kappa shape index (κ1) is 26.9. The van der Waals surface area contributed by atoms with E-state index in [1.54, 1.807) is 19.1 Å². The van der Waals surface area contributed by atoms with Crippen LogP contribution in [0.2, 0.25) is 0 Å². The van der Waals surface area contributed by atoms with Crippen molar-refractivity contribution in [3.05, 3.63) is 83.6 Å². The normalized spacial score (nSPS) is 14.3. The Bertz CT molecular complexity index is 1120. The number of rotatable bonds is 7. The molecule has 2 aromatic rings. The van der Waals surface area contributed by atoms with Gasteiger partial charge in [0.05, 0.1) is 5.69 Å². The number of aldehydes is 1. The molecule has 0 N–H and O–H groups in total. The summed E-state index contributed by atoms with van der Waals surface area (Å²) in [6.45, 7) is 12.7. The zero-order chi connectivity index (χ0) is 25.5. The van der Waals surface area contributed by atoms with Gasteiger partial charge in [0.15, 0.2) is 0 Å². The smallest absolute Gasteiger partial charge is 0.321 e. The highest BCUT2D eigenvalue weighted by Crippen LogP contribution is 2.37. The van der Waals surface area contributed by atoms with E-state index in [2.05, 4.69) is 18.6 Å². The van der Waals surface area contributed by atoms with Crippen molar-refractivity contribution in [2.75, 3.05) is 0 Å². The highest BCUT2D eigenvalue weighted by atomic mass is 19.4. The third-order valence-corrected chi connectivity index (χ3v) is 5.32. The Morgan fingerprint density at radius 2 is 1.85 bits per heavy atom. The monoisotopic (exact) mass is 471 g/mol. The minimum absolute atomic E-state index is 0.538. The van der Waals surface area contributed by atoms with Crippen LogP contribution in [0.1, 0.15) is 51.8 Å². The summed E-state index contributed by atoms with van der Waals surface area (Å²) >= 11 is 0. The maximum atomic E-state index is 12.9. The zero-order valence-corrected chi connectivity index (χ0v) is 20.4. The van der Waals surface area contributed by atoms with Gasteiger partial charge in [-0.15, -0.1) is 0 Å². The van der Waals surface area contributed by atoms with Crippen LogP contribution in [0.3, 0.4) is 0 Å². The van der Waals surface area contributed by atoms with Crippen LogP contribution < -0.4 is 0 Å². The van der Waals surface area contributed by atoms with Crippen LogP contribution in [-0.2, 0) is 11.3 Å². The largest absolute Gasteiger partial charge is 0.408 e. The van der Waals surface area contributed by atoms with Crippen LogP contribution >= 0.6 is 0 Å². The molecular weight excluding hydrogens is 439 g/mol. The van der Waals surface area contributed by atoms with Crippen molar-refractivity contribution in [1.82, 2.24) is 14.7 Å². The third-order valence-electron chi connectivity index (χ3n) is 5.32. The van der Waals surface area contributed by atoms with Gasteiger partial charge in [0.2, 0.25) is 0 Å². The van der Waals surface area contributed by atoms with Gasteiger partial charge < -0.3 is 4.90 Å². The van der Waals surface area contributed by atoms with Crippen LogP contribution in [0, 0.1) is 6.92 Å². The summed E-state index contributed by atoms with van der Waals surface area (Å²) in [5.74, 6) is 0. The molecular formula is C27H32F3N3O. The zero-order valence-electron chi connectivity index (χ0n) is 20.4. The van der Waals surface area contributed by atoms with E-state index >= 15 is 0 Å². The summed E-state index contributed by atoms with van der Waals surface area (Å²) in [4.78, 5) is 13.0. The minimum atomic E-state index is -4.34. The minimum Gasteiger partial charge on any atom is -0.321 e. The van der Waals surface area contributed by atoms with Gasteiger partial charge >= 0.3 is 6.18 Å². The molecule has 34 heavy (non-hydrogen) atoms.